The summed E-state index contributed by atoms with van der Waals surface area (Å²) in [7, 11) is 3.86. The van der Waals surface area contributed by atoms with Gasteiger partial charge in [0.25, 0.3) is 5.91 Å². The summed E-state index contributed by atoms with van der Waals surface area (Å²) in [5, 5.41) is 0. The van der Waals surface area contributed by atoms with Crippen LogP contribution >= 0.6 is 0 Å². The third-order valence-corrected chi connectivity index (χ3v) is 5.09. The van der Waals surface area contributed by atoms with Gasteiger partial charge in [-0.25, -0.2) is 19.9 Å². The smallest absolute Gasteiger partial charge is 0.272 e. The number of amides is 1. The van der Waals surface area contributed by atoms with Gasteiger partial charge >= 0.3 is 0 Å². The Morgan fingerprint density at radius 2 is 2.08 bits per heavy atom. The maximum atomic E-state index is 12.6. The number of nitrogens with zero attached hydrogens (tertiary/aromatic N) is 6. The van der Waals surface area contributed by atoms with Crippen molar-refractivity contribution < 1.29 is 9.53 Å². The number of carbonyl (C=O) groups excluding carboxylic acids is 1. The predicted molar refractivity (Wildman–Crippen MR) is 94.9 cm³/mol. The average Bonchev–Trinajstić information content (AvgIpc) is 2.69. The summed E-state index contributed by atoms with van der Waals surface area (Å²) in [6.45, 7) is 1.89. The van der Waals surface area contributed by atoms with Crippen molar-refractivity contribution in [3.05, 3.63) is 41.7 Å². The number of aromatic nitrogens is 4. The minimum Gasteiger partial charge on any atom is -0.368 e. The van der Waals surface area contributed by atoms with Crippen LogP contribution in [0.2, 0.25) is 0 Å². The molecule has 0 N–H and O–H groups in total. The van der Waals surface area contributed by atoms with Crippen molar-refractivity contribution in [1.82, 2.24) is 24.8 Å². The Kier molecular flexibility index (Phi) is 4.28. The van der Waals surface area contributed by atoms with Crippen LogP contribution in [0, 0.1) is 0 Å². The van der Waals surface area contributed by atoms with E-state index in [9.17, 15) is 4.79 Å². The fourth-order valence-corrected chi connectivity index (χ4v) is 3.65. The van der Waals surface area contributed by atoms with Crippen molar-refractivity contribution in [2.45, 2.75) is 24.9 Å². The largest absolute Gasteiger partial charge is 0.368 e. The zero-order valence-corrected chi connectivity index (χ0v) is 15.1. The fraction of sp³-hybridized carbons (Fsp3) is 0.500. The fourth-order valence-electron chi connectivity index (χ4n) is 3.65. The molecule has 0 bridgehead atoms. The summed E-state index contributed by atoms with van der Waals surface area (Å²) in [4.78, 5) is 33.5. The lowest BCUT2D eigenvalue weighted by Gasteiger charge is -2.44. The molecule has 0 aliphatic carbocycles. The highest BCUT2D eigenvalue weighted by atomic mass is 16.5. The molecule has 136 valence electrons. The van der Waals surface area contributed by atoms with Gasteiger partial charge in [-0.1, -0.05) is 0 Å². The van der Waals surface area contributed by atoms with Gasteiger partial charge in [-0.05, 0) is 30.9 Å². The molecule has 0 atom stereocenters. The molecule has 0 radical (unpaired) electrons. The zero-order chi connectivity index (χ0) is 18.1. The third-order valence-electron chi connectivity index (χ3n) is 5.09. The van der Waals surface area contributed by atoms with Crippen molar-refractivity contribution in [2.24, 2.45) is 0 Å². The zero-order valence-electron chi connectivity index (χ0n) is 15.1. The van der Waals surface area contributed by atoms with Gasteiger partial charge in [0, 0.05) is 39.6 Å². The number of carbonyl (C=O) groups is 1. The number of rotatable bonds is 2. The third kappa shape index (κ3) is 2.90. The average molecular weight is 354 g/mol. The first-order valence-corrected chi connectivity index (χ1v) is 8.82. The van der Waals surface area contributed by atoms with E-state index in [2.05, 4.69) is 15.0 Å². The van der Waals surface area contributed by atoms with E-state index < -0.39 is 5.60 Å². The molecule has 4 heterocycles. The van der Waals surface area contributed by atoms with E-state index in [0.717, 1.165) is 30.5 Å². The van der Waals surface area contributed by atoms with E-state index in [4.69, 9.17) is 9.72 Å². The highest BCUT2D eigenvalue weighted by Gasteiger charge is 2.43. The molecule has 0 unspecified atom stereocenters. The molecule has 1 saturated heterocycles. The second-order valence-electron chi connectivity index (χ2n) is 6.92. The molecule has 1 fully saturated rings. The number of fused-ring (bicyclic) bond motifs is 2. The van der Waals surface area contributed by atoms with Crippen molar-refractivity contribution in [2.75, 3.05) is 38.7 Å². The van der Waals surface area contributed by atoms with E-state index in [0.29, 0.717) is 31.3 Å². The van der Waals surface area contributed by atoms with Crippen LogP contribution in [-0.2, 0) is 16.8 Å². The van der Waals surface area contributed by atoms with E-state index in [1.165, 1.54) is 6.33 Å². The van der Waals surface area contributed by atoms with Gasteiger partial charge < -0.3 is 14.5 Å². The highest BCUT2D eigenvalue weighted by Crippen LogP contribution is 2.40. The van der Waals surface area contributed by atoms with Crippen LogP contribution in [0.15, 0.2) is 24.8 Å². The number of anilines is 1. The first-order valence-electron chi connectivity index (χ1n) is 8.82. The van der Waals surface area contributed by atoms with E-state index in [1.807, 2.05) is 30.1 Å². The summed E-state index contributed by atoms with van der Waals surface area (Å²) in [5.74, 6) is 0.628. The Labute approximate surface area is 152 Å². The minimum absolute atomic E-state index is 0.0602. The van der Waals surface area contributed by atoms with E-state index in [-0.39, 0.29) is 5.91 Å². The van der Waals surface area contributed by atoms with Crippen LogP contribution in [0.1, 0.15) is 34.6 Å². The number of hydrogen-bond acceptors (Lipinski definition) is 7. The Morgan fingerprint density at radius 3 is 2.77 bits per heavy atom. The predicted octanol–water partition coefficient (Wildman–Crippen LogP) is 1.04. The molecule has 1 spiro atoms. The molecule has 8 nitrogen and oxygen atoms in total. The Hall–Kier alpha value is -2.61. The lowest BCUT2D eigenvalue weighted by molar-refractivity contribution is -0.0967. The number of ether oxygens (including phenoxy) is 1. The quantitative estimate of drug-likeness (QED) is 0.796. The summed E-state index contributed by atoms with van der Waals surface area (Å²) >= 11 is 0. The standard InChI is InChI=1S/C18H22N6O2/c1-23(2)17-20-11-13-4-10-26-18(15(13)22-17)5-8-24(9-6-18)16(25)14-3-7-19-12-21-14/h3,7,11-12H,4-6,8-10H2,1-2H3. The van der Waals surface area contributed by atoms with Gasteiger partial charge in [-0.15, -0.1) is 0 Å². The van der Waals surface area contributed by atoms with Gasteiger partial charge in [-0.2, -0.15) is 0 Å². The first kappa shape index (κ1) is 16.8. The minimum atomic E-state index is -0.427. The van der Waals surface area contributed by atoms with Crippen molar-refractivity contribution >= 4 is 11.9 Å². The van der Waals surface area contributed by atoms with Gasteiger partial charge in [0.1, 0.15) is 17.6 Å². The van der Waals surface area contributed by atoms with E-state index >= 15 is 0 Å². The van der Waals surface area contributed by atoms with Crippen LogP contribution in [0.5, 0.6) is 0 Å². The summed E-state index contributed by atoms with van der Waals surface area (Å²) in [6.07, 6.45) is 7.18. The highest BCUT2D eigenvalue weighted by molar-refractivity contribution is 5.92. The van der Waals surface area contributed by atoms with Crippen LogP contribution < -0.4 is 4.90 Å². The van der Waals surface area contributed by atoms with Gasteiger partial charge in [0.05, 0.1) is 12.3 Å². The molecule has 2 aromatic heterocycles. The van der Waals surface area contributed by atoms with Crippen LogP contribution in [0.4, 0.5) is 5.95 Å². The maximum Gasteiger partial charge on any atom is 0.272 e. The molecule has 2 aromatic rings. The molecule has 1 amide bonds. The van der Waals surface area contributed by atoms with Crippen LogP contribution in [-0.4, -0.2) is 64.5 Å². The Morgan fingerprint density at radius 1 is 1.27 bits per heavy atom. The Balaban J connectivity index is 1.56. The lowest BCUT2D eigenvalue weighted by atomic mass is 9.83. The first-order chi connectivity index (χ1) is 12.6. The van der Waals surface area contributed by atoms with Crippen molar-refractivity contribution in [1.29, 1.82) is 0 Å². The molecular weight excluding hydrogens is 332 g/mol. The number of likely N-dealkylation sites (tertiary alicyclic amines) is 1. The second kappa shape index (κ2) is 6.60. The maximum absolute atomic E-state index is 12.6. The summed E-state index contributed by atoms with van der Waals surface area (Å²) < 4.78 is 6.23. The lowest BCUT2D eigenvalue weighted by Crippen LogP contribution is -2.49. The van der Waals surface area contributed by atoms with Crippen molar-refractivity contribution in [3.8, 4) is 0 Å². The molecule has 0 aromatic carbocycles. The molecule has 0 saturated carbocycles. The SMILES string of the molecule is CN(C)c1ncc2c(n1)C1(CCN(C(=O)c3ccncn3)CC1)OCC2. The molecule has 8 heteroatoms. The van der Waals surface area contributed by atoms with Crippen LogP contribution in [0.3, 0.4) is 0 Å². The Bertz CT molecular complexity index is 803. The van der Waals surface area contributed by atoms with Gasteiger partial charge in [0.15, 0.2) is 0 Å². The van der Waals surface area contributed by atoms with Crippen LogP contribution in [0.25, 0.3) is 0 Å². The van der Waals surface area contributed by atoms with E-state index in [1.54, 1.807) is 12.3 Å². The molecule has 2 aliphatic heterocycles. The molecule has 26 heavy (non-hydrogen) atoms. The molecule has 4 rings (SSSR count). The monoisotopic (exact) mass is 354 g/mol. The molecule has 2 aliphatic rings. The summed E-state index contributed by atoms with van der Waals surface area (Å²) in [5.41, 5.74) is 2.14. The topological polar surface area (TPSA) is 84.3 Å². The number of hydrogen-bond donors (Lipinski definition) is 0. The van der Waals surface area contributed by atoms with Crippen molar-refractivity contribution in [3.63, 3.8) is 0 Å². The normalized spacial score (nSPS) is 18.5. The summed E-state index contributed by atoms with van der Waals surface area (Å²) in [6, 6.07) is 1.65. The second-order valence-corrected chi connectivity index (χ2v) is 6.92. The van der Waals surface area contributed by atoms with Gasteiger partial charge in [0.2, 0.25) is 5.95 Å². The van der Waals surface area contributed by atoms with Gasteiger partial charge in [-0.3, -0.25) is 4.79 Å². The molecular formula is C18H22N6O2. The number of piperidine rings is 1.